The number of rotatable bonds is 4. The van der Waals surface area contributed by atoms with Crippen molar-refractivity contribution in [2.45, 2.75) is 20.3 Å². The Morgan fingerprint density at radius 2 is 1.30 bits per heavy atom. The van der Waals surface area contributed by atoms with Gasteiger partial charge in [0.2, 0.25) is 0 Å². The monoisotopic (exact) mass is 301 g/mol. The molecule has 0 radical (unpaired) electrons. The van der Waals surface area contributed by atoms with Crippen molar-refractivity contribution >= 4 is 29.5 Å². The lowest BCUT2D eigenvalue weighted by atomic mass is 10.2. The van der Waals surface area contributed by atoms with Crippen molar-refractivity contribution in [3.8, 4) is 0 Å². The van der Waals surface area contributed by atoms with E-state index in [1.54, 1.807) is 6.21 Å². The molecule has 114 valence electrons. The predicted molar refractivity (Wildman–Crippen MR) is 98.8 cm³/mol. The van der Waals surface area contributed by atoms with Gasteiger partial charge < -0.3 is 0 Å². The molecular formula is C20H19N3. The number of aliphatic imine (C=N–C) groups is 3. The van der Waals surface area contributed by atoms with Crippen molar-refractivity contribution in [3.63, 3.8) is 0 Å². The molecule has 0 atom stereocenters. The standard InChI is InChI=1S/C20H19N3/c1-15-3-7-17(8-4-15)21-13-19-11-12-20(23-19)14-22-18-9-5-16(2)6-10-18/h3-11,13-14H,12H2,1-2H3. The molecule has 2 aromatic rings. The molecule has 0 fully saturated rings. The molecular weight excluding hydrogens is 282 g/mol. The molecule has 0 bridgehead atoms. The van der Waals surface area contributed by atoms with Crippen LogP contribution in [0.15, 0.2) is 75.3 Å². The van der Waals surface area contributed by atoms with Gasteiger partial charge in [0.05, 0.1) is 29.0 Å². The van der Waals surface area contributed by atoms with Gasteiger partial charge in [-0.2, -0.15) is 0 Å². The third-order valence-electron chi connectivity index (χ3n) is 3.57. The van der Waals surface area contributed by atoms with Gasteiger partial charge in [-0.15, -0.1) is 0 Å². The van der Waals surface area contributed by atoms with Crippen LogP contribution in [0, 0.1) is 13.8 Å². The van der Waals surface area contributed by atoms with Crippen molar-refractivity contribution in [1.82, 2.24) is 0 Å². The summed E-state index contributed by atoms with van der Waals surface area (Å²) in [6.45, 7) is 4.13. The lowest BCUT2D eigenvalue weighted by Gasteiger charge is -1.95. The quantitative estimate of drug-likeness (QED) is 0.701. The van der Waals surface area contributed by atoms with Gasteiger partial charge in [0.25, 0.3) is 0 Å². The molecule has 0 aliphatic carbocycles. The van der Waals surface area contributed by atoms with Gasteiger partial charge in [0.15, 0.2) is 0 Å². The molecule has 0 saturated heterocycles. The molecule has 3 rings (SSSR count). The first kappa shape index (κ1) is 15.1. The first-order valence-corrected chi connectivity index (χ1v) is 7.68. The summed E-state index contributed by atoms with van der Waals surface area (Å²) >= 11 is 0. The van der Waals surface area contributed by atoms with E-state index in [4.69, 9.17) is 0 Å². The fraction of sp³-hybridized carbons (Fsp3) is 0.150. The molecule has 3 nitrogen and oxygen atoms in total. The minimum absolute atomic E-state index is 0.796. The zero-order chi connectivity index (χ0) is 16.1. The van der Waals surface area contributed by atoms with Gasteiger partial charge in [-0.3, -0.25) is 15.0 Å². The fourth-order valence-corrected chi connectivity index (χ4v) is 2.18. The Bertz CT molecular complexity index is 792. The Kier molecular flexibility index (Phi) is 4.57. The molecule has 1 aliphatic rings. The second-order valence-corrected chi connectivity index (χ2v) is 5.62. The van der Waals surface area contributed by atoms with Crippen molar-refractivity contribution in [2.75, 3.05) is 0 Å². The van der Waals surface area contributed by atoms with Crippen LogP contribution >= 0.6 is 0 Å². The largest absolute Gasteiger partial charge is 0.255 e. The number of benzene rings is 2. The van der Waals surface area contributed by atoms with Crippen LogP contribution in [0.5, 0.6) is 0 Å². The minimum atomic E-state index is 0.796. The Hall–Kier alpha value is -2.81. The van der Waals surface area contributed by atoms with Crippen LogP contribution in [-0.2, 0) is 0 Å². The smallest absolute Gasteiger partial charge is 0.0780 e. The second-order valence-electron chi connectivity index (χ2n) is 5.62. The second kappa shape index (κ2) is 6.97. The summed E-state index contributed by atoms with van der Waals surface area (Å²) in [5, 5.41) is 0. The van der Waals surface area contributed by atoms with Crippen LogP contribution in [0.1, 0.15) is 17.5 Å². The third-order valence-corrected chi connectivity index (χ3v) is 3.57. The molecule has 0 spiro atoms. The molecule has 0 unspecified atom stereocenters. The van der Waals surface area contributed by atoms with Crippen LogP contribution in [0.3, 0.4) is 0 Å². The highest BCUT2D eigenvalue weighted by molar-refractivity contribution is 6.33. The van der Waals surface area contributed by atoms with Gasteiger partial charge in [-0.1, -0.05) is 41.5 Å². The van der Waals surface area contributed by atoms with Gasteiger partial charge in [0, 0.05) is 12.6 Å². The van der Waals surface area contributed by atoms with Crippen LogP contribution in [0.4, 0.5) is 11.4 Å². The molecule has 2 aromatic carbocycles. The van der Waals surface area contributed by atoms with Crippen LogP contribution in [0.25, 0.3) is 0 Å². The van der Waals surface area contributed by atoms with Crippen molar-refractivity contribution in [2.24, 2.45) is 15.0 Å². The molecule has 23 heavy (non-hydrogen) atoms. The Labute approximate surface area is 136 Å². The third kappa shape index (κ3) is 4.33. The van der Waals surface area contributed by atoms with E-state index in [0.29, 0.717) is 0 Å². The summed E-state index contributed by atoms with van der Waals surface area (Å²) in [6.07, 6.45) is 6.49. The van der Waals surface area contributed by atoms with E-state index < -0.39 is 0 Å². The highest BCUT2D eigenvalue weighted by atomic mass is 14.8. The average Bonchev–Trinajstić information content (AvgIpc) is 3.02. The molecule has 1 aliphatic heterocycles. The topological polar surface area (TPSA) is 37.1 Å². The maximum Gasteiger partial charge on any atom is 0.0780 e. The SMILES string of the molecule is Cc1ccc(N=CC2=CCC(C=Nc3ccc(C)cc3)=N2)cc1. The first-order valence-electron chi connectivity index (χ1n) is 7.68. The summed E-state index contributed by atoms with van der Waals surface area (Å²) in [7, 11) is 0. The molecule has 3 heteroatoms. The summed E-state index contributed by atoms with van der Waals surface area (Å²) in [4.78, 5) is 13.4. The molecule has 0 saturated carbocycles. The summed E-state index contributed by atoms with van der Waals surface area (Å²) < 4.78 is 0. The minimum Gasteiger partial charge on any atom is -0.255 e. The van der Waals surface area contributed by atoms with Crippen LogP contribution < -0.4 is 0 Å². The molecule has 1 heterocycles. The van der Waals surface area contributed by atoms with E-state index in [2.05, 4.69) is 59.2 Å². The van der Waals surface area contributed by atoms with Crippen molar-refractivity contribution in [3.05, 3.63) is 71.4 Å². The number of nitrogens with zero attached hydrogens (tertiary/aromatic N) is 3. The molecule has 0 amide bonds. The molecule has 0 N–H and O–H groups in total. The first-order chi connectivity index (χ1) is 11.2. The lowest BCUT2D eigenvalue weighted by Crippen LogP contribution is -1.93. The van der Waals surface area contributed by atoms with E-state index in [1.165, 1.54) is 11.1 Å². The van der Waals surface area contributed by atoms with E-state index in [9.17, 15) is 0 Å². The number of allylic oxidation sites excluding steroid dienone is 2. The highest BCUT2D eigenvalue weighted by Crippen LogP contribution is 2.15. The van der Waals surface area contributed by atoms with Gasteiger partial charge in [-0.05, 0) is 38.1 Å². The van der Waals surface area contributed by atoms with E-state index >= 15 is 0 Å². The number of hydrogen-bond donors (Lipinski definition) is 0. The predicted octanol–water partition coefficient (Wildman–Crippen LogP) is 5.14. The number of hydrogen-bond acceptors (Lipinski definition) is 3. The van der Waals surface area contributed by atoms with Gasteiger partial charge >= 0.3 is 0 Å². The summed E-state index contributed by atoms with van der Waals surface area (Å²) in [6, 6.07) is 16.2. The van der Waals surface area contributed by atoms with E-state index in [1.807, 2.05) is 30.5 Å². The normalized spacial score (nSPS) is 14.5. The maximum absolute atomic E-state index is 4.53. The molecule has 0 aromatic heterocycles. The maximum atomic E-state index is 4.53. The highest BCUT2D eigenvalue weighted by Gasteiger charge is 2.04. The van der Waals surface area contributed by atoms with Crippen molar-refractivity contribution < 1.29 is 0 Å². The number of aryl methyl sites for hydroxylation is 2. The van der Waals surface area contributed by atoms with Crippen LogP contribution in [-0.4, -0.2) is 18.1 Å². The Balaban J connectivity index is 1.63. The van der Waals surface area contributed by atoms with E-state index in [-0.39, 0.29) is 0 Å². The Morgan fingerprint density at radius 3 is 1.87 bits per heavy atom. The average molecular weight is 301 g/mol. The summed E-state index contributed by atoms with van der Waals surface area (Å²) in [5.74, 6) is 0. The van der Waals surface area contributed by atoms with Crippen LogP contribution in [0.2, 0.25) is 0 Å². The fourth-order valence-electron chi connectivity index (χ4n) is 2.18. The zero-order valence-corrected chi connectivity index (χ0v) is 13.4. The Morgan fingerprint density at radius 1 is 0.783 bits per heavy atom. The van der Waals surface area contributed by atoms with E-state index in [0.717, 1.165) is 29.2 Å². The van der Waals surface area contributed by atoms with Crippen molar-refractivity contribution in [1.29, 1.82) is 0 Å². The summed E-state index contributed by atoms with van der Waals surface area (Å²) in [5.41, 5.74) is 6.19. The zero-order valence-electron chi connectivity index (χ0n) is 13.4. The van der Waals surface area contributed by atoms with Gasteiger partial charge in [-0.25, -0.2) is 0 Å². The van der Waals surface area contributed by atoms with Gasteiger partial charge in [0.1, 0.15) is 0 Å². The lowest BCUT2D eigenvalue weighted by molar-refractivity contribution is 1.43.